The Morgan fingerprint density at radius 3 is 2.76 bits per heavy atom. The first-order valence-corrected chi connectivity index (χ1v) is 5.27. The first-order chi connectivity index (χ1) is 8.22. The molecular weight excluding hydrogens is 223 g/mol. The van der Waals surface area contributed by atoms with Gasteiger partial charge in [-0.2, -0.15) is 5.26 Å². The van der Waals surface area contributed by atoms with Gasteiger partial charge < -0.3 is 14.7 Å². The Hall–Kier alpha value is -1.64. The standard InChI is InChI=1S/C12H15FN2O2/c1-17-7-5-15(4-6-16)12-3-2-10(9-14)8-11(12)13/h2-3,8,16H,4-7H2,1H3. The number of nitriles is 1. The summed E-state index contributed by atoms with van der Waals surface area (Å²) in [6.45, 7) is 1.19. The van der Waals surface area contributed by atoms with Crippen LogP contribution >= 0.6 is 0 Å². The van der Waals surface area contributed by atoms with Gasteiger partial charge in [0.05, 0.1) is 30.5 Å². The van der Waals surface area contributed by atoms with Gasteiger partial charge in [-0.1, -0.05) is 0 Å². The maximum atomic E-state index is 13.7. The monoisotopic (exact) mass is 238 g/mol. The smallest absolute Gasteiger partial charge is 0.147 e. The van der Waals surface area contributed by atoms with Crippen molar-refractivity contribution in [3.63, 3.8) is 0 Å². The number of benzene rings is 1. The fraction of sp³-hybridized carbons (Fsp3) is 0.417. The van der Waals surface area contributed by atoms with Gasteiger partial charge >= 0.3 is 0 Å². The van der Waals surface area contributed by atoms with Crippen LogP contribution in [0.2, 0.25) is 0 Å². The summed E-state index contributed by atoms with van der Waals surface area (Å²) in [5.74, 6) is -0.464. The number of aliphatic hydroxyl groups excluding tert-OH is 1. The molecule has 1 rings (SSSR count). The molecule has 1 aromatic carbocycles. The number of rotatable bonds is 6. The molecule has 92 valence electrons. The van der Waals surface area contributed by atoms with Crippen LogP contribution in [0.4, 0.5) is 10.1 Å². The Labute approximate surface area is 99.8 Å². The van der Waals surface area contributed by atoms with E-state index in [4.69, 9.17) is 15.1 Å². The lowest BCUT2D eigenvalue weighted by molar-refractivity contribution is 0.202. The van der Waals surface area contributed by atoms with Gasteiger partial charge in [0, 0.05) is 20.2 Å². The molecule has 1 N–H and O–H groups in total. The minimum absolute atomic E-state index is 0.0663. The first-order valence-electron chi connectivity index (χ1n) is 5.27. The molecule has 0 saturated heterocycles. The Balaban J connectivity index is 2.89. The molecule has 5 heteroatoms. The molecule has 0 heterocycles. The summed E-state index contributed by atoms with van der Waals surface area (Å²) in [6, 6.07) is 6.16. The second-order valence-corrected chi connectivity index (χ2v) is 3.48. The maximum Gasteiger partial charge on any atom is 0.147 e. The predicted octanol–water partition coefficient (Wildman–Crippen LogP) is 1.14. The van der Waals surface area contributed by atoms with E-state index in [0.717, 1.165) is 0 Å². The van der Waals surface area contributed by atoms with Crippen molar-refractivity contribution in [3.05, 3.63) is 29.6 Å². The normalized spacial score (nSPS) is 10.0. The van der Waals surface area contributed by atoms with Crippen molar-refractivity contribution >= 4 is 5.69 Å². The van der Waals surface area contributed by atoms with Gasteiger partial charge in [-0.05, 0) is 18.2 Å². The molecule has 0 unspecified atom stereocenters. The average molecular weight is 238 g/mol. The van der Waals surface area contributed by atoms with E-state index in [1.165, 1.54) is 6.07 Å². The van der Waals surface area contributed by atoms with Crippen LogP contribution in [0.5, 0.6) is 0 Å². The lowest BCUT2D eigenvalue weighted by Crippen LogP contribution is -2.30. The topological polar surface area (TPSA) is 56.5 Å². The van der Waals surface area contributed by atoms with E-state index in [0.29, 0.717) is 25.4 Å². The Bertz CT molecular complexity index is 404. The van der Waals surface area contributed by atoms with Crippen LogP contribution in [0, 0.1) is 17.1 Å². The van der Waals surface area contributed by atoms with Crippen molar-refractivity contribution in [2.75, 3.05) is 38.3 Å². The van der Waals surface area contributed by atoms with Crippen LogP contribution in [-0.2, 0) is 4.74 Å². The number of aliphatic hydroxyl groups is 1. The second-order valence-electron chi connectivity index (χ2n) is 3.48. The molecular formula is C12H15FN2O2. The molecule has 0 bridgehead atoms. The summed E-state index contributed by atoms with van der Waals surface area (Å²) in [4.78, 5) is 1.68. The molecule has 0 saturated carbocycles. The molecule has 0 fully saturated rings. The van der Waals surface area contributed by atoms with Crippen LogP contribution in [0.15, 0.2) is 18.2 Å². The SMILES string of the molecule is COCCN(CCO)c1ccc(C#N)cc1F. The van der Waals surface area contributed by atoms with E-state index in [-0.39, 0.29) is 12.2 Å². The number of hydrogen-bond donors (Lipinski definition) is 1. The van der Waals surface area contributed by atoms with Crippen molar-refractivity contribution in [2.24, 2.45) is 0 Å². The lowest BCUT2D eigenvalue weighted by atomic mass is 10.2. The predicted molar refractivity (Wildman–Crippen MR) is 62.3 cm³/mol. The van der Waals surface area contributed by atoms with Gasteiger partial charge in [0.1, 0.15) is 5.82 Å². The number of methoxy groups -OCH3 is 1. The highest BCUT2D eigenvalue weighted by Gasteiger charge is 2.11. The summed E-state index contributed by atoms with van der Waals surface area (Å²) in [7, 11) is 1.56. The van der Waals surface area contributed by atoms with E-state index in [9.17, 15) is 4.39 Å². The molecule has 0 aliphatic heterocycles. The summed E-state index contributed by atoms with van der Waals surface area (Å²) in [5, 5.41) is 17.6. The van der Waals surface area contributed by atoms with Crippen LogP contribution in [-0.4, -0.2) is 38.5 Å². The second kappa shape index (κ2) is 6.84. The molecule has 1 aromatic rings. The van der Waals surface area contributed by atoms with Gasteiger partial charge in [0.25, 0.3) is 0 Å². The van der Waals surface area contributed by atoms with Crippen molar-refractivity contribution in [2.45, 2.75) is 0 Å². The molecule has 17 heavy (non-hydrogen) atoms. The average Bonchev–Trinajstić information content (AvgIpc) is 2.34. The molecule has 0 atom stereocenters. The van der Waals surface area contributed by atoms with E-state index in [2.05, 4.69) is 0 Å². The highest BCUT2D eigenvalue weighted by atomic mass is 19.1. The van der Waals surface area contributed by atoms with Crippen molar-refractivity contribution in [3.8, 4) is 6.07 Å². The summed E-state index contributed by atoms with van der Waals surface area (Å²) in [5.41, 5.74) is 0.650. The highest BCUT2D eigenvalue weighted by molar-refractivity contribution is 5.51. The quantitative estimate of drug-likeness (QED) is 0.807. The van der Waals surface area contributed by atoms with Crippen LogP contribution in [0.3, 0.4) is 0 Å². The zero-order valence-electron chi connectivity index (χ0n) is 9.69. The first kappa shape index (κ1) is 13.4. The summed E-state index contributed by atoms with van der Waals surface area (Å²) >= 11 is 0. The fourth-order valence-corrected chi connectivity index (χ4v) is 1.51. The van der Waals surface area contributed by atoms with Crippen LogP contribution in [0.25, 0.3) is 0 Å². The molecule has 0 aromatic heterocycles. The van der Waals surface area contributed by atoms with Gasteiger partial charge in [0.15, 0.2) is 0 Å². The third kappa shape index (κ3) is 3.70. The molecule has 4 nitrogen and oxygen atoms in total. The highest BCUT2D eigenvalue weighted by Crippen LogP contribution is 2.20. The Morgan fingerprint density at radius 1 is 1.47 bits per heavy atom. The van der Waals surface area contributed by atoms with E-state index in [1.807, 2.05) is 6.07 Å². The lowest BCUT2D eigenvalue weighted by Gasteiger charge is -2.24. The largest absolute Gasteiger partial charge is 0.395 e. The number of halogens is 1. The molecule has 0 radical (unpaired) electrons. The number of anilines is 1. The molecule has 0 aliphatic rings. The maximum absolute atomic E-state index is 13.7. The number of hydrogen-bond acceptors (Lipinski definition) is 4. The van der Waals surface area contributed by atoms with E-state index in [1.54, 1.807) is 24.1 Å². The Morgan fingerprint density at radius 2 is 2.24 bits per heavy atom. The van der Waals surface area contributed by atoms with Crippen molar-refractivity contribution < 1.29 is 14.2 Å². The zero-order valence-corrected chi connectivity index (χ0v) is 9.69. The minimum Gasteiger partial charge on any atom is -0.395 e. The van der Waals surface area contributed by atoms with Gasteiger partial charge in [-0.25, -0.2) is 4.39 Å². The van der Waals surface area contributed by atoms with Crippen molar-refractivity contribution in [1.29, 1.82) is 5.26 Å². The number of nitrogens with zero attached hydrogens (tertiary/aromatic N) is 2. The third-order valence-electron chi connectivity index (χ3n) is 2.35. The molecule has 0 spiro atoms. The summed E-state index contributed by atoms with van der Waals surface area (Å²) < 4.78 is 18.6. The van der Waals surface area contributed by atoms with Crippen LogP contribution in [0.1, 0.15) is 5.56 Å². The van der Waals surface area contributed by atoms with Crippen LogP contribution < -0.4 is 4.90 Å². The zero-order chi connectivity index (χ0) is 12.7. The van der Waals surface area contributed by atoms with Gasteiger partial charge in [0.2, 0.25) is 0 Å². The van der Waals surface area contributed by atoms with E-state index >= 15 is 0 Å². The molecule has 0 amide bonds. The van der Waals surface area contributed by atoms with Gasteiger partial charge in [-0.3, -0.25) is 0 Å². The molecule has 0 aliphatic carbocycles. The Kier molecular flexibility index (Phi) is 5.40. The number of ether oxygens (including phenoxy) is 1. The summed E-state index contributed by atoms with van der Waals surface area (Å²) in [6.07, 6.45) is 0. The van der Waals surface area contributed by atoms with Crippen molar-refractivity contribution in [1.82, 2.24) is 0 Å². The third-order valence-corrected chi connectivity index (χ3v) is 2.35. The fourth-order valence-electron chi connectivity index (χ4n) is 1.51. The van der Waals surface area contributed by atoms with Gasteiger partial charge in [-0.15, -0.1) is 0 Å². The van der Waals surface area contributed by atoms with E-state index < -0.39 is 5.82 Å². The minimum atomic E-state index is -0.464.